The maximum Gasteiger partial charge on any atom is 0.114 e. The third-order valence-electron chi connectivity index (χ3n) is 2.83. The van der Waals surface area contributed by atoms with Crippen molar-refractivity contribution in [2.45, 2.75) is 19.2 Å². The van der Waals surface area contributed by atoms with Crippen LogP contribution in [0.3, 0.4) is 0 Å². The van der Waals surface area contributed by atoms with Crippen molar-refractivity contribution in [2.24, 2.45) is 0 Å². The van der Waals surface area contributed by atoms with Crippen LogP contribution in [0, 0.1) is 6.92 Å². The van der Waals surface area contributed by atoms with Gasteiger partial charge in [-0.15, -0.1) is 0 Å². The smallest absolute Gasteiger partial charge is 0.114 e. The van der Waals surface area contributed by atoms with E-state index in [1.807, 2.05) is 6.92 Å². The molecule has 0 bridgehead atoms. The van der Waals surface area contributed by atoms with Crippen LogP contribution in [0.4, 0.5) is 0 Å². The zero-order valence-corrected chi connectivity index (χ0v) is 10.0. The van der Waals surface area contributed by atoms with Gasteiger partial charge in [-0.05, 0) is 13.0 Å². The fourth-order valence-electron chi connectivity index (χ4n) is 1.93. The minimum Gasteiger partial charge on any atom is -0.465 e. The zero-order valence-electron chi connectivity index (χ0n) is 9.12. The van der Waals surface area contributed by atoms with Crippen LogP contribution in [0.1, 0.15) is 17.1 Å². The average Bonchev–Trinajstić information content (AvgIpc) is 2.61. The Balaban J connectivity index is 1.99. The van der Waals surface area contributed by atoms with Crippen molar-refractivity contribution in [1.82, 2.24) is 10.2 Å². The molecule has 84 valence electrons. The largest absolute Gasteiger partial charge is 0.465 e. The molecule has 1 aromatic heterocycles. The van der Waals surface area contributed by atoms with E-state index in [0.717, 1.165) is 44.2 Å². The van der Waals surface area contributed by atoms with E-state index in [4.69, 9.17) is 4.42 Å². The lowest BCUT2D eigenvalue weighted by molar-refractivity contribution is 0.232. The van der Waals surface area contributed by atoms with E-state index in [0.29, 0.717) is 5.75 Å². The van der Waals surface area contributed by atoms with Gasteiger partial charge in [0.05, 0.1) is 0 Å². The summed E-state index contributed by atoms with van der Waals surface area (Å²) in [6.07, 6.45) is 0. The Morgan fingerprint density at radius 3 is 2.80 bits per heavy atom. The molecule has 0 saturated carbocycles. The Bertz CT molecular complexity index is 318. The maximum atomic E-state index is 5.59. The van der Waals surface area contributed by atoms with Crippen molar-refractivity contribution in [3.05, 3.63) is 23.2 Å². The second kappa shape index (κ2) is 5.05. The lowest BCUT2D eigenvalue weighted by Crippen LogP contribution is -2.42. The zero-order chi connectivity index (χ0) is 10.7. The summed E-state index contributed by atoms with van der Waals surface area (Å²) in [5.41, 5.74) is 1.31. The summed E-state index contributed by atoms with van der Waals surface area (Å²) in [4.78, 5) is 2.46. The second-order valence-electron chi connectivity index (χ2n) is 3.98. The summed E-state index contributed by atoms with van der Waals surface area (Å²) >= 11 is 4.22. The highest BCUT2D eigenvalue weighted by Gasteiger charge is 2.13. The van der Waals surface area contributed by atoms with E-state index in [1.165, 1.54) is 5.56 Å². The van der Waals surface area contributed by atoms with E-state index in [9.17, 15) is 0 Å². The molecular formula is C11H18N2OS. The van der Waals surface area contributed by atoms with Crippen molar-refractivity contribution in [2.75, 3.05) is 26.2 Å². The summed E-state index contributed by atoms with van der Waals surface area (Å²) in [6, 6.07) is 2.13. The van der Waals surface area contributed by atoms with Crippen molar-refractivity contribution >= 4 is 12.6 Å². The third kappa shape index (κ3) is 2.77. The molecule has 2 heterocycles. The first-order chi connectivity index (χ1) is 7.29. The monoisotopic (exact) mass is 226 g/mol. The molecule has 1 aliphatic heterocycles. The van der Waals surface area contributed by atoms with Crippen LogP contribution in [0.5, 0.6) is 0 Å². The molecule has 4 heteroatoms. The van der Waals surface area contributed by atoms with Crippen LogP contribution in [-0.4, -0.2) is 31.1 Å². The Kier molecular flexibility index (Phi) is 3.72. The summed E-state index contributed by atoms with van der Waals surface area (Å²) in [6.45, 7) is 7.48. The van der Waals surface area contributed by atoms with Gasteiger partial charge in [0.25, 0.3) is 0 Å². The highest BCUT2D eigenvalue weighted by atomic mass is 32.1. The van der Waals surface area contributed by atoms with Gasteiger partial charge in [-0.2, -0.15) is 12.6 Å². The molecule has 0 aromatic carbocycles. The molecule has 0 unspecified atom stereocenters. The molecule has 0 atom stereocenters. The number of nitrogens with one attached hydrogen (secondary N) is 1. The van der Waals surface area contributed by atoms with Gasteiger partial charge in [0, 0.05) is 44.0 Å². The Labute approximate surface area is 96.2 Å². The normalized spacial score (nSPS) is 18.3. The molecule has 1 fully saturated rings. The summed E-state index contributed by atoms with van der Waals surface area (Å²) in [5, 5.41) is 3.35. The molecular weight excluding hydrogens is 208 g/mol. The average molecular weight is 226 g/mol. The van der Waals surface area contributed by atoms with E-state index in [2.05, 4.69) is 28.9 Å². The highest BCUT2D eigenvalue weighted by Crippen LogP contribution is 2.18. The molecule has 3 nitrogen and oxygen atoms in total. The number of hydrogen-bond acceptors (Lipinski definition) is 4. The van der Waals surface area contributed by atoms with E-state index in [1.54, 1.807) is 0 Å². The number of aryl methyl sites for hydroxylation is 1. The summed E-state index contributed by atoms with van der Waals surface area (Å²) in [5.74, 6) is 2.70. The van der Waals surface area contributed by atoms with Crippen molar-refractivity contribution in [1.29, 1.82) is 0 Å². The van der Waals surface area contributed by atoms with Crippen LogP contribution in [-0.2, 0) is 12.3 Å². The van der Waals surface area contributed by atoms with Gasteiger partial charge >= 0.3 is 0 Å². The Hall–Kier alpha value is -0.450. The molecule has 1 aliphatic rings. The highest BCUT2D eigenvalue weighted by molar-refractivity contribution is 7.79. The van der Waals surface area contributed by atoms with Gasteiger partial charge in [0.1, 0.15) is 11.5 Å². The molecule has 1 aromatic rings. The molecule has 0 spiro atoms. The molecule has 0 aliphatic carbocycles. The first-order valence-corrected chi connectivity index (χ1v) is 6.05. The van der Waals surface area contributed by atoms with Crippen molar-refractivity contribution in [3.63, 3.8) is 0 Å². The molecule has 2 rings (SSSR count). The lowest BCUT2D eigenvalue weighted by Gasteiger charge is -2.26. The number of nitrogens with zero attached hydrogens (tertiary/aromatic N) is 1. The number of furan rings is 1. The topological polar surface area (TPSA) is 28.4 Å². The van der Waals surface area contributed by atoms with Gasteiger partial charge < -0.3 is 9.73 Å². The van der Waals surface area contributed by atoms with E-state index < -0.39 is 0 Å². The van der Waals surface area contributed by atoms with Crippen molar-refractivity contribution < 1.29 is 4.42 Å². The van der Waals surface area contributed by atoms with Gasteiger partial charge in [-0.1, -0.05) is 0 Å². The number of rotatable bonds is 3. The van der Waals surface area contributed by atoms with Gasteiger partial charge in [-0.3, -0.25) is 4.90 Å². The second-order valence-corrected chi connectivity index (χ2v) is 4.29. The first-order valence-electron chi connectivity index (χ1n) is 5.41. The molecule has 1 N–H and O–H groups in total. The predicted octanol–water partition coefficient (Wildman–Crippen LogP) is 1.42. The Morgan fingerprint density at radius 1 is 1.47 bits per heavy atom. The first kappa shape index (κ1) is 11.0. The standard InChI is InChI=1S/C11H18N2OS/c1-9-10(6-11(8-15)14-9)7-13-4-2-12-3-5-13/h6,12,15H,2-5,7-8H2,1H3. The quantitative estimate of drug-likeness (QED) is 0.764. The predicted molar refractivity (Wildman–Crippen MR) is 64.3 cm³/mol. The summed E-state index contributed by atoms with van der Waals surface area (Å²) < 4.78 is 5.59. The van der Waals surface area contributed by atoms with Crippen LogP contribution < -0.4 is 5.32 Å². The lowest BCUT2D eigenvalue weighted by atomic mass is 10.2. The minimum absolute atomic E-state index is 0.683. The van der Waals surface area contributed by atoms with Gasteiger partial charge in [0.15, 0.2) is 0 Å². The summed E-state index contributed by atoms with van der Waals surface area (Å²) in [7, 11) is 0. The molecule has 0 amide bonds. The van der Waals surface area contributed by atoms with Gasteiger partial charge in [-0.25, -0.2) is 0 Å². The van der Waals surface area contributed by atoms with E-state index >= 15 is 0 Å². The fourth-order valence-corrected chi connectivity index (χ4v) is 2.09. The Morgan fingerprint density at radius 2 is 2.20 bits per heavy atom. The maximum absolute atomic E-state index is 5.59. The number of piperazine rings is 1. The molecule has 0 radical (unpaired) electrons. The SMILES string of the molecule is Cc1oc(CS)cc1CN1CCNCC1. The van der Waals surface area contributed by atoms with Crippen LogP contribution >= 0.6 is 12.6 Å². The third-order valence-corrected chi connectivity index (χ3v) is 3.14. The van der Waals surface area contributed by atoms with E-state index in [-0.39, 0.29) is 0 Å². The molecule has 15 heavy (non-hydrogen) atoms. The number of hydrogen-bond donors (Lipinski definition) is 2. The van der Waals surface area contributed by atoms with Gasteiger partial charge in [0.2, 0.25) is 0 Å². The van der Waals surface area contributed by atoms with Crippen LogP contribution in [0.25, 0.3) is 0 Å². The van der Waals surface area contributed by atoms with Crippen LogP contribution in [0.2, 0.25) is 0 Å². The molecule has 1 saturated heterocycles. The minimum atomic E-state index is 0.683. The van der Waals surface area contributed by atoms with Crippen molar-refractivity contribution in [3.8, 4) is 0 Å². The van der Waals surface area contributed by atoms with Crippen LogP contribution in [0.15, 0.2) is 10.5 Å². The fraction of sp³-hybridized carbons (Fsp3) is 0.636. The number of thiol groups is 1.